The number of nitrogens with two attached hydrogens (primary N) is 1. The van der Waals surface area contributed by atoms with Gasteiger partial charge in [-0.1, -0.05) is 6.07 Å². The number of ether oxygens (including phenoxy) is 2. The Morgan fingerprint density at radius 3 is 2.60 bits per heavy atom. The quantitative estimate of drug-likeness (QED) is 0.868. The average molecular weight is 272 g/mol. The van der Waals surface area contributed by atoms with Gasteiger partial charge in [0.25, 0.3) is 0 Å². The summed E-state index contributed by atoms with van der Waals surface area (Å²) in [7, 11) is 1.67. The summed E-state index contributed by atoms with van der Waals surface area (Å²) in [5.41, 5.74) is 10.4. The van der Waals surface area contributed by atoms with Crippen LogP contribution >= 0.6 is 0 Å². The fraction of sp³-hybridized carbons (Fsp3) is 0.312. The lowest BCUT2D eigenvalue weighted by Gasteiger charge is -2.14. The zero-order valence-corrected chi connectivity index (χ0v) is 12.4. The van der Waals surface area contributed by atoms with Gasteiger partial charge < -0.3 is 15.2 Å². The zero-order valence-electron chi connectivity index (χ0n) is 12.4. The molecule has 0 radical (unpaired) electrons. The van der Waals surface area contributed by atoms with E-state index in [1.54, 1.807) is 13.3 Å². The van der Waals surface area contributed by atoms with E-state index in [-0.39, 0.29) is 0 Å². The molecular formula is C16H20N2O2. The number of benzene rings is 1. The molecule has 20 heavy (non-hydrogen) atoms. The van der Waals surface area contributed by atoms with E-state index < -0.39 is 0 Å². The number of hydrogen-bond donors (Lipinski definition) is 1. The lowest BCUT2D eigenvalue weighted by molar-refractivity contribution is 0.297. The van der Waals surface area contributed by atoms with Crippen LogP contribution in [-0.4, -0.2) is 12.1 Å². The van der Waals surface area contributed by atoms with E-state index in [1.165, 1.54) is 0 Å². The van der Waals surface area contributed by atoms with Crippen LogP contribution in [0.3, 0.4) is 0 Å². The Bertz CT molecular complexity index is 624. The van der Waals surface area contributed by atoms with Crippen molar-refractivity contribution in [2.75, 3.05) is 12.8 Å². The van der Waals surface area contributed by atoms with Crippen molar-refractivity contribution in [3.05, 3.63) is 46.8 Å². The van der Waals surface area contributed by atoms with Crippen molar-refractivity contribution in [1.29, 1.82) is 0 Å². The second-order valence-corrected chi connectivity index (χ2v) is 4.86. The predicted molar refractivity (Wildman–Crippen MR) is 80.2 cm³/mol. The molecule has 2 aromatic rings. The molecule has 4 nitrogen and oxygen atoms in total. The molecule has 4 heteroatoms. The molecule has 1 aromatic heterocycles. The van der Waals surface area contributed by atoms with Gasteiger partial charge in [-0.2, -0.15) is 0 Å². The first kappa shape index (κ1) is 14.2. The van der Waals surface area contributed by atoms with Crippen LogP contribution in [0, 0.1) is 20.8 Å². The number of aryl methyl sites for hydroxylation is 2. The van der Waals surface area contributed by atoms with Crippen LogP contribution in [0.15, 0.2) is 24.4 Å². The maximum atomic E-state index is 5.83. The molecule has 1 heterocycles. The first-order valence-corrected chi connectivity index (χ1v) is 6.51. The monoisotopic (exact) mass is 272 g/mol. The molecule has 0 saturated carbocycles. The molecule has 2 rings (SSSR count). The van der Waals surface area contributed by atoms with E-state index in [0.29, 0.717) is 12.3 Å². The minimum atomic E-state index is 0.396. The molecule has 0 atom stereocenters. The summed E-state index contributed by atoms with van der Waals surface area (Å²) in [6.07, 6.45) is 1.80. The molecule has 0 aliphatic carbocycles. The Kier molecular flexibility index (Phi) is 4.13. The lowest BCUT2D eigenvalue weighted by Crippen LogP contribution is -2.05. The molecule has 106 valence electrons. The number of nitrogens with zero attached hydrogens (tertiary/aromatic N) is 1. The van der Waals surface area contributed by atoms with Crippen LogP contribution < -0.4 is 15.2 Å². The maximum absolute atomic E-state index is 5.83. The fourth-order valence-corrected chi connectivity index (χ4v) is 2.13. The third-order valence-electron chi connectivity index (χ3n) is 3.33. The van der Waals surface area contributed by atoms with Crippen molar-refractivity contribution in [2.45, 2.75) is 27.4 Å². The SMILES string of the molecule is COc1c(C)cnc(COc2cc(N)ccc2C)c1C. The highest BCUT2D eigenvalue weighted by Crippen LogP contribution is 2.26. The normalized spacial score (nSPS) is 10.4. The van der Waals surface area contributed by atoms with E-state index in [4.69, 9.17) is 15.2 Å². The Hall–Kier alpha value is -2.23. The lowest BCUT2D eigenvalue weighted by atomic mass is 10.1. The summed E-state index contributed by atoms with van der Waals surface area (Å²) < 4.78 is 11.2. The first-order valence-electron chi connectivity index (χ1n) is 6.51. The fourth-order valence-electron chi connectivity index (χ4n) is 2.13. The third kappa shape index (κ3) is 2.85. The number of anilines is 1. The third-order valence-corrected chi connectivity index (χ3v) is 3.33. The summed E-state index contributed by atoms with van der Waals surface area (Å²) >= 11 is 0. The Labute approximate surface area is 119 Å². The summed E-state index contributed by atoms with van der Waals surface area (Å²) in [4.78, 5) is 4.42. The molecule has 0 unspecified atom stereocenters. The number of hydrogen-bond acceptors (Lipinski definition) is 4. The summed E-state index contributed by atoms with van der Waals surface area (Å²) in [6.45, 7) is 6.35. The molecule has 0 aliphatic heterocycles. The highest BCUT2D eigenvalue weighted by Gasteiger charge is 2.10. The highest BCUT2D eigenvalue weighted by molar-refractivity contribution is 5.48. The van der Waals surface area contributed by atoms with Gasteiger partial charge in [-0.25, -0.2) is 0 Å². The minimum absolute atomic E-state index is 0.396. The molecule has 0 aliphatic rings. The zero-order chi connectivity index (χ0) is 14.7. The van der Waals surface area contributed by atoms with Gasteiger partial charge in [-0.15, -0.1) is 0 Å². The second kappa shape index (κ2) is 5.82. The second-order valence-electron chi connectivity index (χ2n) is 4.86. The summed E-state index contributed by atoms with van der Waals surface area (Å²) in [5.74, 6) is 1.65. The van der Waals surface area contributed by atoms with E-state index in [2.05, 4.69) is 4.98 Å². The van der Waals surface area contributed by atoms with Crippen LogP contribution in [0.2, 0.25) is 0 Å². The molecule has 1 aromatic carbocycles. The van der Waals surface area contributed by atoms with Crippen LogP contribution in [0.5, 0.6) is 11.5 Å². The summed E-state index contributed by atoms with van der Waals surface area (Å²) in [5, 5.41) is 0. The van der Waals surface area contributed by atoms with Gasteiger partial charge in [0.1, 0.15) is 18.1 Å². The van der Waals surface area contributed by atoms with Gasteiger partial charge in [0.15, 0.2) is 0 Å². The van der Waals surface area contributed by atoms with Crippen molar-refractivity contribution in [3.63, 3.8) is 0 Å². The van der Waals surface area contributed by atoms with Crippen LogP contribution in [-0.2, 0) is 6.61 Å². The van der Waals surface area contributed by atoms with Crippen LogP contribution in [0.4, 0.5) is 5.69 Å². The molecule has 0 bridgehead atoms. The largest absolute Gasteiger partial charge is 0.496 e. The topological polar surface area (TPSA) is 57.4 Å². The van der Waals surface area contributed by atoms with Gasteiger partial charge in [-0.3, -0.25) is 4.98 Å². The van der Waals surface area contributed by atoms with E-state index in [1.807, 2.05) is 39.0 Å². The molecule has 0 fully saturated rings. The van der Waals surface area contributed by atoms with Gasteiger partial charge in [-0.05, 0) is 32.4 Å². The van der Waals surface area contributed by atoms with Crippen LogP contribution in [0.25, 0.3) is 0 Å². The van der Waals surface area contributed by atoms with Gasteiger partial charge >= 0.3 is 0 Å². The van der Waals surface area contributed by atoms with E-state index in [9.17, 15) is 0 Å². The molecule has 2 N–H and O–H groups in total. The van der Waals surface area contributed by atoms with Gasteiger partial charge in [0.05, 0.1) is 12.8 Å². The molecule has 0 saturated heterocycles. The van der Waals surface area contributed by atoms with Gasteiger partial charge in [0, 0.05) is 29.1 Å². The maximum Gasteiger partial charge on any atom is 0.131 e. The van der Waals surface area contributed by atoms with Crippen molar-refractivity contribution in [3.8, 4) is 11.5 Å². The number of pyridine rings is 1. The standard InChI is InChI=1S/C16H20N2O2/c1-10-5-6-13(17)7-15(10)20-9-14-12(3)16(19-4)11(2)8-18-14/h5-8H,9,17H2,1-4H3. The van der Waals surface area contributed by atoms with E-state index >= 15 is 0 Å². The van der Waals surface area contributed by atoms with Crippen molar-refractivity contribution < 1.29 is 9.47 Å². The Morgan fingerprint density at radius 2 is 1.90 bits per heavy atom. The smallest absolute Gasteiger partial charge is 0.131 e. The van der Waals surface area contributed by atoms with Crippen molar-refractivity contribution in [1.82, 2.24) is 4.98 Å². The average Bonchev–Trinajstić information content (AvgIpc) is 2.42. The first-order chi connectivity index (χ1) is 9.52. The Balaban J connectivity index is 2.21. The highest BCUT2D eigenvalue weighted by atomic mass is 16.5. The van der Waals surface area contributed by atoms with Crippen molar-refractivity contribution in [2.24, 2.45) is 0 Å². The van der Waals surface area contributed by atoms with E-state index in [0.717, 1.165) is 33.9 Å². The van der Waals surface area contributed by atoms with Crippen molar-refractivity contribution >= 4 is 5.69 Å². The van der Waals surface area contributed by atoms with Crippen LogP contribution in [0.1, 0.15) is 22.4 Å². The molecular weight excluding hydrogens is 252 g/mol. The number of aromatic nitrogens is 1. The minimum Gasteiger partial charge on any atom is -0.496 e. The molecule has 0 amide bonds. The number of rotatable bonds is 4. The Morgan fingerprint density at radius 1 is 1.15 bits per heavy atom. The molecule has 0 spiro atoms. The summed E-state index contributed by atoms with van der Waals surface area (Å²) in [6, 6.07) is 5.64. The van der Waals surface area contributed by atoms with Gasteiger partial charge in [0.2, 0.25) is 0 Å². The number of nitrogen functional groups attached to an aromatic ring is 1. The number of methoxy groups -OCH3 is 1. The predicted octanol–water partition coefficient (Wildman–Crippen LogP) is 3.18.